The van der Waals surface area contributed by atoms with Crippen LogP contribution in [0.25, 0.3) is 16.5 Å². The largest absolute Gasteiger partial charge is 0.392 e. The molecule has 0 spiro atoms. The van der Waals surface area contributed by atoms with Gasteiger partial charge in [0.25, 0.3) is 0 Å². The molecule has 0 saturated carbocycles. The molecule has 0 aliphatic carbocycles. The van der Waals surface area contributed by atoms with Gasteiger partial charge < -0.3 is 10.1 Å². The molecule has 27 heavy (non-hydrogen) atoms. The summed E-state index contributed by atoms with van der Waals surface area (Å²) in [5, 5.41) is 10.7. The number of nitrogens with zero attached hydrogens (tertiary/aromatic N) is 1. The molecule has 0 saturated heterocycles. The average Bonchev–Trinajstić information content (AvgIpc) is 3.15. The Hall–Kier alpha value is -2.01. The van der Waals surface area contributed by atoms with Crippen molar-refractivity contribution in [1.82, 2.24) is 9.88 Å². The SMILES string of the molecule is OCc1cccc2c(CSCCN3CC=C(c4ccccc4)CC3)c[nH]c12. The number of fused-ring (bicyclic) bond motifs is 1. The number of aromatic nitrogens is 1. The second-order valence-electron chi connectivity index (χ2n) is 7.01. The second-order valence-corrected chi connectivity index (χ2v) is 8.12. The van der Waals surface area contributed by atoms with Gasteiger partial charge in [0, 0.05) is 48.3 Å². The van der Waals surface area contributed by atoms with Crippen molar-refractivity contribution < 1.29 is 5.11 Å². The molecular formula is C23H26N2OS. The summed E-state index contributed by atoms with van der Waals surface area (Å²) in [6.07, 6.45) is 5.62. The number of para-hydroxylation sites is 1. The maximum absolute atomic E-state index is 9.46. The van der Waals surface area contributed by atoms with Gasteiger partial charge in [0.1, 0.15) is 0 Å². The molecule has 2 heterocycles. The maximum atomic E-state index is 9.46. The Kier molecular flexibility index (Phi) is 5.97. The van der Waals surface area contributed by atoms with Crippen LogP contribution in [0.3, 0.4) is 0 Å². The van der Waals surface area contributed by atoms with Crippen molar-refractivity contribution in [2.45, 2.75) is 18.8 Å². The summed E-state index contributed by atoms with van der Waals surface area (Å²) in [7, 11) is 0. The molecule has 3 nitrogen and oxygen atoms in total. The first kappa shape index (κ1) is 18.4. The minimum atomic E-state index is 0.0812. The maximum Gasteiger partial charge on any atom is 0.0702 e. The van der Waals surface area contributed by atoms with E-state index in [2.05, 4.69) is 58.6 Å². The Morgan fingerprint density at radius 3 is 2.70 bits per heavy atom. The number of H-pyrrole nitrogens is 1. The fourth-order valence-corrected chi connectivity index (χ4v) is 4.72. The van der Waals surface area contributed by atoms with E-state index < -0.39 is 0 Å². The first-order valence-electron chi connectivity index (χ1n) is 9.58. The van der Waals surface area contributed by atoms with E-state index in [1.807, 2.05) is 23.9 Å². The second kappa shape index (κ2) is 8.79. The predicted octanol–water partition coefficient (Wildman–Crippen LogP) is 4.68. The van der Waals surface area contributed by atoms with Crippen molar-refractivity contribution in [3.05, 3.63) is 77.5 Å². The number of aromatic amines is 1. The number of thioether (sulfide) groups is 1. The Bertz CT molecular complexity index is 917. The van der Waals surface area contributed by atoms with Gasteiger partial charge in [-0.25, -0.2) is 0 Å². The van der Waals surface area contributed by atoms with Crippen LogP contribution in [0.1, 0.15) is 23.1 Å². The molecule has 2 aromatic carbocycles. The molecule has 0 amide bonds. The summed E-state index contributed by atoms with van der Waals surface area (Å²) in [6, 6.07) is 16.9. The van der Waals surface area contributed by atoms with Crippen molar-refractivity contribution in [1.29, 1.82) is 0 Å². The van der Waals surface area contributed by atoms with Crippen LogP contribution in [0.2, 0.25) is 0 Å². The number of hydrogen-bond donors (Lipinski definition) is 2. The van der Waals surface area contributed by atoms with Crippen molar-refractivity contribution in [2.24, 2.45) is 0 Å². The van der Waals surface area contributed by atoms with Crippen LogP contribution in [-0.2, 0) is 12.4 Å². The van der Waals surface area contributed by atoms with Gasteiger partial charge in [-0.15, -0.1) is 0 Å². The quantitative estimate of drug-likeness (QED) is 0.586. The normalized spacial score (nSPS) is 15.2. The number of benzene rings is 2. The van der Waals surface area contributed by atoms with Crippen molar-refractivity contribution in [3.8, 4) is 0 Å². The molecule has 0 atom stereocenters. The lowest BCUT2D eigenvalue weighted by Crippen LogP contribution is -2.30. The fraction of sp³-hybridized carbons (Fsp3) is 0.304. The molecule has 0 radical (unpaired) electrons. The topological polar surface area (TPSA) is 39.3 Å². The van der Waals surface area contributed by atoms with Crippen molar-refractivity contribution >= 4 is 28.2 Å². The van der Waals surface area contributed by atoms with Gasteiger partial charge in [0.2, 0.25) is 0 Å². The summed E-state index contributed by atoms with van der Waals surface area (Å²) in [6.45, 7) is 3.41. The van der Waals surface area contributed by atoms with Gasteiger partial charge in [-0.05, 0) is 23.1 Å². The van der Waals surface area contributed by atoms with E-state index in [0.717, 1.165) is 48.6 Å². The number of rotatable bonds is 7. The third kappa shape index (κ3) is 4.29. The molecule has 2 N–H and O–H groups in total. The molecule has 0 fully saturated rings. The molecule has 4 rings (SSSR count). The molecule has 1 aliphatic heterocycles. The van der Waals surface area contributed by atoms with Gasteiger partial charge in [0.15, 0.2) is 0 Å². The summed E-state index contributed by atoms with van der Waals surface area (Å²) in [5.41, 5.74) is 6.23. The molecule has 0 unspecified atom stereocenters. The first-order valence-corrected chi connectivity index (χ1v) is 10.7. The molecule has 1 aliphatic rings. The van der Waals surface area contributed by atoms with Crippen LogP contribution in [0.5, 0.6) is 0 Å². The summed E-state index contributed by atoms with van der Waals surface area (Å²) < 4.78 is 0. The van der Waals surface area contributed by atoms with E-state index in [1.54, 1.807) is 0 Å². The highest BCUT2D eigenvalue weighted by atomic mass is 32.2. The van der Waals surface area contributed by atoms with E-state index in [9.17, 15) is 5.11 Å². The predicted molar refractivity (Wildman–Crippen MR) is 116 cm³/mol. The zero-order chi connectivity index (χ0) is 18.5. The zero-order valence-corrected chi connectivity index (χ0v) is 16.3. The summed E-state index contributed by atoms with van der Waals surface area (Å²) in [5.74, 6) is 2.15. The smallest absolute Gasteiger partial charge is 0.0702 e. The molecule has 1 aromatic heterocycles. The van der Waals surface area contributed by atoms with E-state index in [4.69, 9.17) is 0 Å². The standard InChI is InChI=1S/C23H26N2OS/c26-16-20-7-4-8-22-21(15-24-23(20)22)17-27-14-13-25-11-9-19(10-12-25)18-5-2-1-3-6-18/h1-9,15,24,26H,10-14,16-17H2. The Morgan fingerprint density at radius 1 is 1.04 bits per heavy atom. The number of aliphatic hydroxyl groups excluding tert-OH is 1. The van der Waals surface area contributed by atoms with Gasteiger partial charge in [0.05, 0.1) is 12.1 Å². The van der Waals surface area contributed by atoms with Crippen LogP contribution in [-0.4, -0.2) is 40.4 Å². The molecule has 3 aromatic rings. The Labute approximate surface area is 165 Å². The minimum Gasteiger partial charge on any atom is -0.392 e. The lowest BCUT2D eigenvalue weighted by atomic mass is 10.00. The van der Waals surface area contributed by atoms with E-state index in [1.165, 1.54) is 22.1 Å². The number of nitrogens with one attached hydrogen (secondary N) is 1. The number of aliphatic hydroxyl groups is 1. The summed E-state index contributed by atoms with van der Waals surface area (Å²) in [4.78, 5) is 5.87. The van der Waals surface area contributed by atoms with Crippen LogP contribution in [0.4, 0.5) is 0 Å². The minimum absolute atomic E-state index is 0.0812. The third-order valence-corrected chi connectivity index (χ3v) is 6.29. The fourth-order valence-electron chi connectivity index (χ4n) is 3.73. The van der Waals surface area contributed by atoms with Crippen LogP contribution in [0, 0.1) is 0 Å². The Morgan fingerprint density at radius 2 is 1.93 bits per heavy atom. The first-order chi connectivity index (χ1) is 13.3. The van der Waals surface area contributed by atoms with E-state index in [-0.39, 0.29) is 6.61 Å². The van der Waals surface area contributed by atoms with Crippen molar-refractivity contribution in [3.63, 3.8) is 0 Å². The zero-order valence-electron chi connectivity index (χ0n) is 15.5. The third-order valence-electron chi connectivity index (χ3n) is 5.31. The average molecular weight is 379 g/mol. The molecular weight excluding hydrogens is 352 g/mol. The van der Waals surface area contributed by atoms with Gasteiger partial charge in [-0.3, -0.25) is 4.90 Å². The lowest BCUT2D eigenvalue weighted by Gasteiger charge is -2.26. The molecule has 140 valence electrons. The molecule has 0 bridgehead atoms. The lowest BCUT2D eigenvalue weighted by molar-refractivity contribution is 0.283. The van der Waals surface area contributed by atoms with E-state index in [0.29, 0.717) is 0 Å². The highest BCUT2D eigenvalue weighted by Crippen LogP contribution is 2.26. The monoisotopic (exact) mass is 378 g/mol. The summed E-state index contributed by atoms with van der Waals surface area (Å²) >= 11 is 1.99. The van der Waals surface area contributed by atoms with Crippen LogP contribution >= 0.6 is 11.8 Å². The molecule has 4 heteroatoms. The highest BCUT2D eigenvalue weighted by Gasteiger charge is 2.13. The van der Waals surface area contributed by atoms with E-state index >= 15 is 0 Å². The highest BCUT2D eigenvalue weighted by molar-refractivity contribution is 7.98. The van der Waals surface area contributed by atoms with Crippen molar-refractivity contribution in [2.75, 3.05) is 25.4 Å². The Balaban J connectivity index is 1.26. The van der Waals surface area contributed by atoms with Gasteiger partial charge >= 0.3 is 0 Å². The van der Waals surface area contributed by atoms with Gasteiger partial charge in [-0.1, -0.05) is 54.6 Å². The van der Waals surface area contributed by atoms with Crippen LogP contribution in [0.15, 0.2) is 60.8 Å². The van der Waals surface area contributed by atoms with Gasteiger partial charge in [-0.2, -0.15) is 11.8 Å². The van der Waals surface area contributed by atoms with Crippen LogP contribution < -0.4 is 0 Å². The number of hydrogen-bond acceptors (Lipinski definition) is 3.